The monoisotopic (exact) mass is 1140 g/mol. The maximum atomic E-state index is 12.9. The first-order chi connectivity index (χ1) is 40.5. The summed E-state index contributed by atoms with van der Waals surface area (Å²) in [7, 11) is 0. The number of ether oxygens (including phenoxy) is 3. The minimum atomic E-state index is -0.789. The third kappa shape index (κ3) is 66.6. The maximum absolute atomic E-state index is 12.9. The van der Waals surface area contributed by atoms with Crippen LogP contribution in [0.3, 0.4) is 0 Å². The van der Waals surface area contributed by atoms with Gasteiger partial charge in [0.15, 0.2) is 6.10 Å². The highest BCUT2D eigenvalue weighted by Gasteiger charge is 2.19. The molecule has 1 unspecified atom stereocenters. The van der Waals surface area contributed by atoms with Crippen LogP contribution in [0.5, 0.6) is 0 Å². The molecular weight excluding hydrogens is 1010 g/mol. The molecule has 0 fully saturated rings. The summed E-state index contributed by atoms with van der Waals surface area (Å²) in [5.41, 5.74) is 0. The van der Waals surface area contributed by atoms with E-state index in [1.54, 1.807) is 0 Å². The lowest BCUT2D eigenvalue weighted by Crippen LogP contribution is -2.30. The van der Waals surface area contributed by atoms with Crippen LogP contribution < -0.4 is 0 Å². The predicted molar refractivity (Wildman–Crippen MR) is 357 cm³/mol. The Hall–Kier alpha value is -4.19. The van der Waals surface area contributed by atoms with Gasteiger partial charge in [0, 0.05) is 19.3 Å². The normalized spacial score (nSPS) is 12.9. The van der Waals surface area contributed by atoms with Crippen LogP contribution in [0.1, 0.15) is 323 Å². The van der Waals surface area contributed by atoms with Gasteiger partial charge >= 0.3 is 17.9 Å². The van der Waals surface area contributed by atoms with E-state index < -0.39 is 6.10 Å². The highest BCUT2D eigenvalue weighted by atomic mass is 16.6. The molecule has 0 spiro atoms. The second-order valence-corrected chi connectivity index (χ2v) is 22.7. The van der Waals surface area contributed by atoms with Gasteiger partial charge in [0.05, 0.1) is 0 Å². The molecule has 0 radical (unpaired) electrons. The molecule has 0 heterocycles. The molecule has 82 heavy (non-hydrogen) atoms. The molecule has 0 aliphatic carbocycles. The van der Waals surface area contributed by atoms with E-state index in [0.717, 1.165) is 128 Å². The number of unbranched alkanes of at least 4 members (excludes halogenated alkanes) is 31. The summed E-state index contributed by atoms with van der Waals surface area (Å²) in [6.07, 6.45) is 96.5. The average molecular weight is 1140 g/mol. The van der Waals surface area contributed by atoms with Gasteiger partial charge in [0.2, 0.25) is 0 Å². The number of esters is 3. The molecule has 0 saturated heterocycles. The topological polar surface area (TPSA) is 78.9 Å². The molecule has 0 aromatic heterocycles. The van der Waals surface area contributed by atoms with Gasteiger partial charge in [0.1, 0.15) is 13.2 Å². The summed E-state index contributed by atoms with van der Waals surface area (Å²) in [5, 5.41) is 0. The smallest absolute Gasteiger partial charge is 0.306 e. The molecule has 0 amide bonds. The van der Waals surface area contributed by atoms with Crippen molar-refractivity contribution in [1.82, 2.24) is 0 Å². The fourth-order valence-corrected chi connectivity index (χ4v) is 9.51. The van der Waals surface area contributed by atoms with E-state index in [2.05, 4.69) is 142 Å². The van der Waals surface area contributed by atoms with E-state index in [1.807, 2.05) is 0 Å². The number of carbonyl (C=O) groups excluding carboxylic acids is 3. The van der Waals surface area contributed by atoms with Gasteiger partial charge in [0.25, 0.3) is 0 Å². The van der Waals surface area contributed by atoms with E-state index in [1.165, 1.54) is 154 Å². The Morgan fingerprint density at radius 2 is 0.476 bits per heavy atom. The van der Waals surface area contributed by atoms with Crippen LogP contribution in [0.15, 0.2) is 122 Å². The third-order valence-corrected chi connectivity index (χ3v) is 14.7. The second kappa shape index (κ2) is 69.3. The largest absolute Gasteiger partial charge is 0.462 e. The van der Waals surface area contributed by atoms with Crippen LogP contribution in [0.25, 0.3) is 0 Å². The molecular formula is C76H128O6. The van der Waals surface area contributed by atoms with Crippen molar-refractivity contribution in [3.05, 3.63) is 122 Å². The fourth-order valence-electron chi connectivity index (χ4n) is 9.51. The summed E-state index contributed by atoms with van der Waals surface area (Å²) >= 11 is 0. The Bertz CT molecular complexity index is 1690. The molecule has 6 heteroatoms. The quantitative estimate of drug-likeness (QED) is 0.0261. The predicted octanol–water partition coefficient (Wildman–Crippen LogP) is 23.9. The summed E-state index contributed by atoms with van der Waals surface area (Å²) in [6, 6.07) is 0. The van der Waals surface area contributed by atoms with Gasteiger partial charge in [-0.25, -0.2) is 0 Å². The molecule has 0 bridgehead atoms. The van der Waals surface area contributed by atoms with E-state index in [-0.39, 0.29) is 31.1 Å². The summed E-state index contributed by atoms with van der Waals surface area (Å²) in [4.78, 5) is 38.3. The van der Waals surface area contributed by atoms with Crippen LogP contribution in [0.2, 0.25) is 0 Å². The van der Waals surface area contributed by atoms with Gasteiger partial charge in [-0.2, -0.15) is 0 Å². The molecule has 0 aliphatic heterocycles. The van der Waals surface area contributed by atoms with Crippen LogP contribution in [-0.2, 0) is 28.6 Å². The molecule has 0 aromatic rings. The van der Waals surface area contributed by atoms with E-state index >= 15 is 0 Å². The average Bonchev–Trinajstić information content (AvgIpc) is 3.47. The van der Waals surface area contributed by atoms with Gasteiger partial charge in [-0.05, 0) is 135 Å². The lowest BCUT2D eigenvalue weighted by atomic mass is 10.1. The zero-order valence-corrected chi connectivity index (χ0v) is 53.7. The van der Waals surface area contributed by atoms with Crippen LogP contribution in [-0.4, -0.2) is 37.2 Å². The number of hydrogen-bond acceptors (Lipinski definition) is 6. The van der Waals surface area contributed by atoms with Crippen molar-refractivity contribution in [3.63, 3.8) is 0 Å². The van der Waals surface area contributed by atoms with Gasteiger partial charge in [-0.1, -0.05) is 290 Å². The zero-order valence-electron chi connectivity index (χ0n) is 53.7. The minimum Gasteiger partial charge on any atom is -0.462 e. The lowest BCUT2D eigenvalue weighted by molar-refractivity contribution is -0.167. The van der Waals surface area contributed by atoms with Crippen LogP contribution in [0.4, 0.5) is 0 Å². The number of hydrogen-bond donors (Lipinski definition) is 0. The molecule has 0 saturated carbocycles. The van der Waals surface area contributed by atoms with Crippen molar-refractivity contribution in [2.45, 2.75) is 329 Å². The Balaban J connectivity index is 4.23. The van der Waals surface area contributed by atoms with Crippen molar-refractivity contribution in [2.24, 2.45) is 0 Å². The first kappa shape index (κ1) is 77.8. The van der Waals surface area contributed by atoms with Crippen LogP contribution >= 0.6 is 0 Å². The van der Waals surface area contributed by atoms with E-state index in [9.17, 15) is 14.4 Å². The lowest BCUT2D eigenvalue weighted by Gasteiger charge is -2.18. The Morgan fingerprint density at radius 3 is 0.768 bits per heavy atom. The Kier molecular flexibility index (Phi) is 65.8. The van der Waals surface area contributed by atoms with E-state index in [0.29, 0.717) is 19.3 Å². The van der Waals surface area contributed by atoms with Crippen molar-refractivity contribution in [1.29, 1.82) is 0 Å². The highest BCUT2D eigenvalue weighted by Crippen LogP contribution is 2.16. The standard InChI is InChI=1S/C76H128O6/c1-4-7-10-13-16-19-22-25-27-29-30-31-32-33-34-35-36-37-38-39-40-41-42-43-44-45-46-47-49-51-54-57-60-63-66-69-75(78)81-72-73(71-80-74(77)68-65-62-59-56-53-50-24-21-18-15-12-9-6-3)82-76(79)70-67-64-61-58-55-52-48-28-26-23-20-17-14-11-8-5-2/h7,10,16,19,21,24-25,27-28,30-31,33-34,36-37,39-40,42-43,48,73H,4-6,8-9,11-15,17-18,20,22-23,26,29,32,35,38,41,44-47,49-72H2,1-3H3/b10-7-,19-16-,24-21-,27-25-,31-30-,34-33-,37-36-,40-39-,43-42-,48-28-. The van der Waals surface area contributed by atoms with Gasteiger partial charge in [-0.15, -0.1) is 0 Å². The second-order valence-electron chi connectivity index (χ2n) is 22.7. The van der Waals surface area contributed by atoms with Gasteiger partial charge < -0.3 is 14.2 Å². The van der Waals surface area contributed by atoms with Gasteiger partial charge in [-0.3, -0.25) is 14.4 Å². The summed E-state index contributed by atoms with van der Waals surface area (Å²) in [5.74, 6) is -0.898. The highest BCUT2D eigenvalue weighted by molar-refractivity contribution is 5.71. The fraction of sp³-hybridized carbons (Fsp3) is 0.697. The van der Waals surface area contributed by atoms with Crippen molar-refractivity contribution < 1.29 is 28.6 Å². The molecule has 0 aliphatic rings. The molecule has 6 nitrogen and oxygen atoms in total. The molecule has 0 rings (SSSR count). The molecule has 1 atom stereocenters. The van der Waals surface area contributed by atoms with Crippen LogP contribution in [0, 0.1) is 0 Å². The first-order valence-electron chi connectivity index (χ1n) is 34.5. The van der Waals surface area contributed by atoms with Crippen molar-refractivity contribution in [2.75, 3.05) is 13.2 Å². The Morgan fingerprint density at radius 1 is 0.256 bits per heavy atom. The third-order valence-electron chi connectivity index (χ3n) is 14.7. The number of rotatable bonds is 62. The number of carbonyl (C=O) groups is 3. The van der Waals surface area contributed by atoms with E-state index in [4.69, 9.17) is 14.2 Å². The zero-order chi connectivity index (χ0) is 59.2. The van der Waals surface area contributed by atoms with Crippen molar-refractivity contribution in [3.8, 4) is 0 Å². The molecule has 468 valence electrons. The molecule has 0 aromatic carbocycles. The first-order valence-corrected chi connectivity index (χ1v) is 34.5. The minimum absolute atomic E-state index is 0.0859. The maximum Gasteiger partial charge on any atom is 0.306 e. The van der Waals surface area contributed by atoms with Crippen molar-refractivity contribution >= 4 is 17.9 Å². The number of allylic oxidation sites excluding steroid dienone is 20. The Labute approximate surface area is 507 Å². The SMILES string of the molecule is CC/C=C\C/C=C\C/C=C\C/C=C\C/C=C\C/C=C\C/C=C\C/C=C\CCCCCCCCCCCCC(=O)OCC(COC(=O)CCCCCCC/C=C\CCCCCC)OC(=O)CCCCCCC/C=C\CCCCCCCCC. The molecule has 0 N–H and O–H groups in total. The summed E-state index contributed by atoms with van der Waals surface area (Å²) < 4.78 is 16.9. The summed E-state index contributed by atoms with van der Waals surface area (Å²) in [6.45, 7) is 6.51.